The standard InChI is InChI=1S/C15H22N2O3S/c1-11-8-9-13(21(16,19)20)10-14(11)15(18)17-12-6-4-2-3-5-7-12/h8-10,12H,2-7H2,1H3,(H,17,18)(H2,16,19,20). The fourth-order valence-electron chi connectivity index (χ4n) is 2.71. The number of rotatable bonds is 3. The van der Waals surface area contributed by atoms with Gasteiger partial charge in [-0.25, -0.2) is 13.6 Å². The van der Waals surface area contributed by atoms with Crippen LogP contribution in [0.3, 0.4) is 0 Å². The van der Waals surface area contributed by atoms with Gasteiger partial charge in [-0.3, -0.25) is 4.79 Å². The van der Waals surface area contributed by atoms with Crippen LogP contribution >= 0.6 is 0 Å². The highest BCUT2D eigenvalue weighted by atomic mass is 32.2. The molecule has 0 aromatic heterocycles. The number of hydrogen-bond donors (Lipinski definition) is 2. The molecule has 116 valence electrons. The Bertz CT molecular complexity index is 618. The van der Waals surface area contributed by atoms with Crippen LogP contribution in [0.1, 0.15) is 54.4 Å². The second-order valence-electron chi connectivity index (χ2n) is 5.68. The van der Waals surface area contributed by atoms with Crippen molar-refractivity contribution in [1.82, 2.24) is 5.32 Å². The smallest absolute Gasteiger partial charge is 0.251 e. The fourth-order valence-corrected chi connectivity index (χ4v) is 3.25. The molecule has 1 saturated carbocycles. The van der Waals surface area contributed by atoms with E-state index in [2.05, 4.69) is 5.32 Å². The molecule has 0 bridgehead atoms. The molecule has 1 aliphatic rings. The van der Waals surface area contributed by atoms with Crippen LogP contribution in [0, 0.1) is 6.92 Å². The van der Waals surface area contributed by atoms with Crippen molar-refractivity contribution in [3.05, 3.63) is 29.3 Å². The van der Waals surface area contributed by atoms with E-state index in [1.54, 1.807) is 13.0 Å². The molecule has 1 aromatic carbocycles. The van der Waals surface area contributed by atoms with Crippen molar-refractivity contribution in [2.24, 2.45) is 5.14 Å². The van der Waals surface area contributed by atoms with E-state index in [4.69, 9.17) is 5.14 Å². The molecule has 1 amide bonds. The quantitative estimate of drug-likeness (QED) is 0.838. The van der Waals surface area contributed by atoms with Crippen molar-refractivity contribution in [2.45, 2.75) is 56.4 Å². The first-order chi connectivity index (χ1) is 9.88. The second kappa shape index (κ2) is 6.58. The molecule has 0 heterocycles. The molecule has 1 aromatic rings. The van der Waals surface area contributed by atoms with E-state index in [-0.39, 0.29) is 16.8 Å². The number of benzene rings is 1. The maximum absolute atomic E-state index is 12.4. The molecule has 0 unspecified atom stereocenters. The maximum atomic E-state index is 12.4. The lowest BCUT2D eigenvalue weighted by Gasteiger charge is -2.17. The summed E-state index contributed by atoms with van der Waals surface area (Å²) >= 11 is 0. The molecule has 2 rings (SSSR count). The first kappa shape index (κ1) is 16.0. The van der Waals surface area contributed by atoms with Crippen molar-refractivity contribution in [2.75, 3.05) is 0 Å². The van der Waals surface area contributed by atoms with Crippen LogP contribution < -0.4 is 10.5 Å². The zero-order valence-electron chi connectivity index (χ0n) is 12.3. The van der Waals surface area contributed by atoms with Gasteiger partial charge in [0.2, 0.25) is 10.0 Å². The number of carbonyl (C=O) groups is 1. The van der Waals surface area contributed by atoms with Crippen molar-refractivity contribution in [3.8, 4) is 0 Å². The van der Waals surface area contributed by atoms with Crippen LogP contribution in [-0.2, 0) is 10.0 Å². The molecular formula is C15H22N2O3S. The molecule has 0 radical (unpaired) electrons. The third kappa shape index (κ3) is 4.28. The lowest BCUT2D eigenvalue weighted by Crippen LogP contribution is -2.34. The van der Waals surface area contributed by atoms with Crippen LogP contribution in [-0.4, -0.2) is 20.4 Å². The van der Waals surface area contributed by atoms with Crippen LogP contribution in [0.25, 0.3) is 0 Å². The van der Waals surface area contributed by atoms with E-state index in [1.807, 2.05) is 0 Å². The second-order valence-corrected chi connectivity index (χ2v) is 7.25. The number of amides is 1. The summed E-state index contributed by atoms with van der Waals surface area (Å²) in [5, 5.41) is 8.14. The van der Waals surface area contributed by atoms with Gasteiger partial charge in [-0.1, -0.05) is 31.7 Å². The molecule has 3 N–H and O–H groups in total. The number of carbonyl (C=O) groups excluding carboxylic acids is 1. The minimum absolute atomic E-state index is 0.0286. The predicted molar refractivity (Wildman–Crippen MR) is 81.5 cm³/mol. The summed E-state index contributed by atoms with van der Waals surface area (Å²) in [7, 11) is -3.79. The highest BCUT2D eigenvalue weighted by molar-refractivity contribution is 7.89. The van der Waals surface area contributed by atoms with E-state index >= 15 is 0 Å². The summed E-state index contributed by atoms with van der Waals surface area (Å²) in [6.45, 7) is 1.79. The number of hydrogen-bond acceptors (Lipinski definition) is 3. The molecule has 0 aliphatic heterocycles. The number of nitrogens with one attached hydrogen (secondary N) is 1. The molecule has 1 fully saturated rings. The minimum Gasteiger partial charge on any atom is -0.349 e. The highest BCUT2D eigenvalue weighted by Gasteiger charge is 2.19. The van der Waals surface area contributed by atoms with E-state index in [0.29, 0.717) is 5.56 Å². The Morgan fingerprint density at radius 1 is 1.19 bits per heavy atom. The van der Waals surface area contributed by atoms with Gasteiger partial charge in [0.25, 0.3) is 5.91 Å². The zero-order valence-corrected chi connectivity index (χ0v) is 13.1. The van der Waals surface area contributed by atoms with E-state index in [9.17, 15) is 13.2 Å². The average molecular weight is 310 g/mol. The van der Waals surface area contributed by atoms with Crippen LogP contribution in [0.4, 0.5) is 0 Å². The number of nitrogens with two attached hydrogens (primary N) is 1. The topological polar surface area (TPSA) is 89.3 Å². The van der Waals surface area contributed by atoms with Gasteiger partial charge in [0.1, 0.15) is 0 Å². The van der Waals surface area contributed by atoms with Crippen LogP contribution in [0.2, 0.25) is 0 Å². The molecule has 21 heavy (non-hydrogen) atoms. The number of primary sulfonamides is 1. The molecule has 6 heteroatoms. The summed E-state index contributed by atoms with van der Waals surface area (Å²) in [5.74, 6) is -0.218. The van der Waals surface area contributed by atoms with Crippen LogP contribution in [0.5, 0.6) is 0 Å². The van der Waals surface area contributed by atoms with Crippen molar-refractivity contribution in [1.29, 1.82) is 0 Å². The third-order valence-electron chi connectivity index (χ3n) is 3.97. The summed E-state index contributed by atoms with van der Waals surface area (Å²) in [5.41, 5.74) is 1.12. The van der Waals surface area contributed by atoms with Gasteiger partial charge in [0.05, 0.1) is 4.90 Å². The van der Waals surface area contributed by atoms with Gasteiger partial charge < -0.3 is 5.32 Å². The minimum atomic E-state index is -3.79. The van der Waals surface area contributed by atoms with Crippen molar-refractivity contribution >= 4 is 15.9 Å². The Hall–Kier alpha value is -1.40. The first-order valence-corrected chi connectivity index (χ1v) is 8.87. The average Bonchev–Trinajstić information content (AvgIpc) is 2.66. The number of aryl methyl sites for hydroxylation is 1. The van der Waals surface area contributed by atoms with Crippen molar-refractivity contribution in [3.63, 3.8) is 0 Å². The Kier molecular flexibility index (Phi) is 5.00. The molecule has 0 saturated heterocycles. The zero-order chi connectivity index (χ0) is 15.5. The van der Waals surface area contributed by atoms with Gasteiger partial charge >= 0.3 is 0 Å². The van der Waals surface area contributed by atoms with E-state index < -0.39 is 10.0 Å². The largest absolute Gasteiger partial charge is 0.349 e. The molecule has 1 aliphatic carbocycles. The van der Waals surface area contributed by atoms with Crippen LogP contribution in [0.15, 0.2) is 23.1 Å². The molecule has 0 atom stereocenters. The van der Waals surface area contributed by atoms with Gasteiger partial charge in [0.15, 0.2) is 0 Å². The van der Waals surface area contributed by atoms with E-state index in [1.165, 1.54) is 25.0 Å². The highest BCUT2D eigenvalue weighted by Crippen LogP contribution is 2.19. The monoisotopic (exact) mass is 310 g/mol. The fraction of sp³-hybridized carbons (Fsp3) is 0.533. The van der Waals surface area contributed by atoms with Crippen molar-refractivity contribution < 1.29 is 13.2 Å². The molecular weight excluding hydrogens is 288 g/mol. The summed E-state index contributed by atoms with van der Waals surface area (Å²) in [6.07, 6.45) is 6.65. The third-order valence-corrected chi connectivity index (χ3v) is 4.88. The predicted octanol–water partition coefficient (Wildman–Crippen LogP) is 2.10. The Morgan fingerprint density at radius 3 is 2.38 bits per heavy atom. The van der Waals surface area contributed by atoms with Gasteiger partial charge in [-0.2, -0.15) is 0 Å². The summed E-state index contributed by atoms with van der Waals surface area (Å²) in [4.78, 5) is 12.3. The summed E-state index contributed by atoms with van der Waals surface area (Å²) in [6, 6.07) is 4.57. The first-order valence-electron chi connectivity index (χ1n) is 7.32. The normalized spacial score (nSPS) is 17.2. The van der Waals surface area contributed by atoms with Gasteiger partial charge in [-0.05, 0) is 37.5 Å². The molecule has 0 spiro atoms. The molecule has 5 nitrogen and oxygen atoms in total. The van der Waals surface area contributed by atoms with Gasteiger partial charge in [0, 0.05) is 11.6 Å². The Morgan fingerprint density at radius 2 is 1.81 bits per heavy atom. The Balaban J connectivity index is 2.18. The maximum Gasteiger partial charge on any atom is 0.251 e. The number of sulfonamides is 1. The summed E-state index contributed by atoms with van der Waals surface area (Å²) < 4.78 is 22.8. The lowest BCUT2D eigenvalue weighted by atomic mass is 10.1. The Labute approximate surface area is 126 Å². The SMILES string of the molecule is Cc1ccc(S(N)(=O)=O)cc1C(=O)NC1CCCCCC1. The lowest BCUT2D eigenvalue weighted by molar-refractivity contribution is 0.0932. The van der Waals surface area contributed by atoms with Gasteiger partial charge in [-0.15, -0.1) is 0 Å². The van der Waals surface area contributed by atoms with E-state index in [0.717, 1.165) is 31.2 Å².